The van der Waals surface area contributed by atoms with Crippen LogP contribution in [0.25, 0.3) is 0 Å². The van der Waals surface area contributed by atoms with Crippen LogP contribution in [0, 0.1) is 31.6 Å². The van der Waals surface area contributed by atoms with E-state index in [2.05, 4.69) is 10.6 Å². The van der Waals surface area contributed by atoms with Crippen molar-refractivity contribution in [3.63, 3.8) is 0 Å². The molecule has 3 N–H and O–H groups in total. The highest BCUT2D eigenvalue weighted by molar-refractivity contribution is 6.04. The number of unbranched alkanes of at least 4 members (excludes halogenated alkanes) is 1. The summed E-state index contributed by atoms with van der Waals surface area (Å²) in [5.41, 5.74) is 0.800. The molecule has 1 aromatic rings. The van der Waals surface area contributed by atoms with Gasteiger partial charge in [0.15, 0.2) is 0 Å². The summed E-state index contributed by atoms with van der Waals surface area (Å²) in [6.45, 7) is 10.7. The lowest BCUT2D eigenvalue weighted by Crippen LogP contribution is -2.54. The molecular formula is C27H39N3O5. The topological polar surface area (TPSA) is 108 Å². The van der Waals surface area contributed by atoms with Gasteiger partial charge < -0.3 is 25.4 Å². The van der Waals surface area contributed by atoms with Crippen LogP contribution in [0.4, 0.5) is 5.69 Å². The highest BCUT2D eigenvalue weighted by Crippen LogP contribution is 2.65. The molecule has 8 heteroatoms. The zero-order valence-electron chi connectivity index (χ0n) is 21.5. The summed E-state index contributed by atoms with van der Waals surface area (Å²) in [4.78, 5) is 42.8. The number of amides is 3. The number of fused-ring (bicyclic) bond motifs is 1. The van der Waals surface area contributed by atoms with Crippen molar-refractivity contribution in [2.24, 2.45) is 17.8 Å². The number of aryl methyl sites for hydroxylation is 2. The van der Waals surface area contributed by atoms with E-state index < -0.39 is 29.1 Å². The van der Waals surface area contributed by atoms with Crippen molar-refractivity contribution in [3.05, 3.63) is 29.3 Å². The monoisotopic (exact) mass is 485 g/mol. The van der Waals surface area contributed by atoms with Gasteiger partial charge in [-0.2, -0.15) is 0 Å². The number of aliphatic hydroxyl groups is 1. The number of anilines is 1. The number of rotatable bonds is 9. The summed E-state index contributed by atoms with van der Waals surface area (Å²) in [6, 6.07) is 5.03. The van der Waals surface area contributed by atoms with Crippen molar-refractivity contribution in [3.8, 4) is 0 Å². The number of benzene rings is 1. The number of nitrogens with one attached hydrogen (secondary N) is 2. The molecule has 3 heterocycles. The van der Waals surface area contributed by atoms with Crippen molar-refractivity contribution in [2.45, 2.75) is 77.5 Å². The predicted octanol–water partition coefficient (Wildman–Crippen LogP) is 2.55. The van der Waals surface area contributed by atoms with Crippen molar-refractivity contribution in [2.75, 3.05) is 25.0 Å². The molecule has 0 saturated carbocycles. The molecule has 1 aromatic carbocycles. The minimum Gasteiger partial charge on any atom is -0.396 e. The third-order valence-electron chi connectivity index (χ3n) is 8.35. The molecule has 3 saturated heterocycles. The second-order valence-electron chi connectivity index (χ2n) is 10.8. The normalized spacial score (nSPS) is 33.2. The molecule has 3 fully saturated rings. The Labute approximate surface area is 207 Å². The van der Waals surface area contributed by atoms with Gasteiger partial charge in [0.05, 0.1) is 17.4 Å². The third kappa shape index (κ3) is 4.04. The number of carbonyl (C=O) groups excluding carboxylic acids is 3. The Morgan fingerprint density at radius 2 is 1.97 bits per heavy atom. The summed E-state index contributed by atoms with van der Waals surface area (Å²) in [5.74, 6) is -2.00. The van der Waals surface area contributed by atoms with Gasteiger partial charge in [0, 0.05) is 25.4 Å². The standard InChI is InChI=1S/C27H39N3O5/c1-6-11-28-23(32)20-21-25(34)30(12-7-8-13-31)22(27(21)15-18(4)26(20,5)35-27)24(33)29-19-14-16(2)9-10-17(19)3/h9-10,14,18,20-22,31H,6-8,11-13,15H2,1-5H3,(H,28,32)(H,29,33)/t18?,20-,21-,22?,26+,27?/m0/s1. The fraction of sp³-hybridized carbons (Fsp3) is 0.667. The molecular weight excluding hydrogens is 446 g/mol. The number of carbonyl (C=O) groups is 3. The van der Waals surface area contributed by atoms with Gasteiger partial charge in [0.1, 0.15) is 11.6 Å². The molecule has 1 spiro atoms. The Morgan fingerprint density at radius 3 is 2.66 bits per heavy atom. The van der Waals surface area contributed by atoms with Gasteiger partial charge in [0.25, 0.3) is 0 Å². The van der Waals surface area contributed by atoms with Crippen molar-refractivity contribution >= 4 is 23.4 Å². The zero-order valence-corrected chi connectivity index (χ0v) is 21.5. The van der Waals surface area contributed by atoms with Crippen LogP contribution in [0.1, 0.15) is 57.6 Å². The van der Waals surface area contributed by atoms with E-state index >= 15 is 0 Å². The molecule has 8 nitrogen and oxygen atoms in total. The fourth-order valence-electron chi connectivity index (χ4n) is 6.50. The van der Waals surface area contributed by atoms with Crippen LogP contribution in [0.3, 0.4) is 0 Å². The first-order chi connectivity index (χ1) is 16.6. The smallest absolute Gasteiger partial charge is 0.250 e. The van der Waals surface area contributed by atoms with E-state index in [4.69, 9.17) is 4.74 Å². The fourth-order valence-corrected chi connectivity index (χ4v) is 6.50. The van der Waals surface area contributed by atoms with Gasteiger partial charge in [-0.25, -0.2) is 0 Å². The third-order valence-corrected chi connectivity index (χ3v) is 8.35. The van der Waals surface area contributed by atoms with Crippen molar-refractivity contribution < 1.29 is 24.2 Å². The van der Waals surface area contributed by atoms with Crippen LogP contribution in [0.2, 0.25) is 0 Å². The maximum absolute atomic E-state index is 13.9. The highest BCUT2D eigenvalue weighted by Gasteiger charge is 2.79. The summed E-state index contributed by atoms with van der Waals surface area (Å²) in [7, 11) is 0. The van der Waals surface area contributed by atoms with Crippen LogP contribution in [-0.2, 0) is 19.1 Å². The minimum absolute atomic E-state index is 0.0114. The first-order valence-electron chi connectivity index (χ1n) is 12.9. The van der Waals surface area contributed by atoms with Crippen LogP contribution >= 0.6 is 0 Å². The molecule has 0 aliphatic carbocycles. The summed E-state index contributed by atoms with van der Waals surface area (Å²) in [6.07, 6.45) is 2.43. The second-order valence-corrected chi connectivity index (χ2v) is 10.8. The number of hydrogen-bond acceptors (Lipinski definition) is 5. The largest absolute Gasteiger partial charge is 0.396 e. The quantitative estimate of drug-likeness (QED) is 0.466. The summed E-state index contributed by atoms with van der Waals surface area (Å²) >= 11 is 0. The minimum atomic E-state index is -1.06. The molecule has 2 bridgehead atoms. The lowest BCUT2D eigenvalue weighted by Gasteiger charge is -2.36. The summed E-state index contributed by atoms with van der Waals surface area (Å²) < 4.78 is 6.70. The Balaban J connectivity index is 1.73. The van der Waals surface area contributed by atoms with Crippen molar-refractivity contribution in [1.29, 1.82) is 0 Å². The van der Waals surface area contributed by atoms with Gasteiger partial charge >= 0.3 is 0 Å². The molecule has 6 atom stereocenters. The Bertz CT molecular complexity index is 1010. The highest BCUT2D eigenvalue weighted by atomic mass is 16.5. The van der Waals surface area contributed by atoms with E-state index in [1.54, 1.807) is 4.90 Å². The van der Waals surface area contributed by atoms with Gasteiger partial charge in [-0.1, -0.05) is 26.0 Å². The van der Waals surface area contributed by atoms with Gasteiger partial charge in [0.2, 0.25) is 17.7 Å². The average Bonchev–Trinajstić information content (AvgIpc) is 3.31. The van der Waals surface area contributed by atoms with Crippen LogP contribution in [0.15, 0.2) is 18.2 Å². The summed E-state index contributed by atoms with van der Waals surface area (Å²) in [5, 5.41) is 15.3. The lowest BCUT2D eigenvalue weighted by molar-refractivity contribution is -0.146. The molecule has 3 unspecified atom stereocenters. The van der Waals surface area contributed by atoms with E-state index in [-0.39, 0.29) is 30.2 Å². The van der Waals surface area contributed by atoms with E-state index in [0.717, 1.165) is 17.5 Å². The Kier molecular flexibility index (Phi) is 6.99. The number of hydrogen-bond donors (Lipinski definition) is 3. The first kappa shape index (κ1) is 25.6. The average molecular weight is 486 g/mol. The molecule has 3 aliphatic heterocycles. The Morgan fingerprint density at radius 1 is 1.23 bits per heavy atom. The number of likely N-dealkylation sites (tertiary alicyclic amines) is 1. The SMILES string of the molecule is CCCNC(=O)[C@@H]1[C@H]2C(=O)N(CCCCO)C(C(=O)Nc3cc(C)ccc3C)C23CC(C)[C@@]1(C)O3. The van der Waals surface area contributed by atoms with Gasteiger partial charge in [-0.15, -0.1) is 0 Å². The van der Waals surface area contributed by atoms with E-state index in [1.807, 2.05) is 52.8 Å². The van der Waals surface area contributed by atoms with Crippen LogP contribution in [-0.4, -0.2) is 64.7 Å². The lowest BCUT2D eigenvalue weighted by atomic mass is 9.62. The predicted molar refractivity (Wildman–Crippen MR) is 133 cm³/mol. The molecule has 3 aliphatic rings. The Hall–Kier alpha value is -2.45. The van der Waals surface area contributed by atoms with Crippen LogP contribution in [0.5, 0.6) is 0 Å². The molecule has 4 rings (SSSR count). The van der Waals surface area contributed by atoms with E-state index in [0.29, 0.717) is 38.0 Å². The molecule has 35 heavy (non-hydrogen) atoms. The van der Waals surface area contributed by atoms with E-state index in [1.165, 1.54) is 0 Å². The molecule has 192 valence electrons. The van der Waals surface area contributed by atoms with Gasteiger partial charge in [-0.05, 0) is 69.6 Å². The number of nitrogens with zero attached hydrogens (tertiary/aromatic N) is 1. The first-order valence-corrected chi connectivity index (χ1v) is 12.9. The zero-order chi connectivity index (χ0) is 25.5. The van der Waals surface area contributed by atoms with Crippen LogP contribution < -0.4 is 10.6 Å². The molecule has 0 aromatic heterocycles. The molecule has 3 amide bonds. The molecule has 0 radical (unpaired) electrons. The van der Waals surface area contributed by atoms with E-state index in [9.17, 15) is 19.5 Å². The number of aliphatic hydroxyl groups excluding tert-OH is 1. The van der Waals surface area contributed by atoms with Crippen molar-refractivity contribution in [1.82, 2.24) is 10.2 Å². The number of ether oxygens (including phenoxy) is 1. The van der Waals surface area contributed by atoms with Gasteiger partial charge in [-0.3, -0.25) is 14.4 Å². The maximum atomic E-state index is 13.9. The maximum Gasteiger partial charge on any atom is 0.250 e. The second kappa shape index (κ2) is 9.54.